The normalized spacial score (nSPS) is 38.8. The molecule has 0 N–H and O–H groups in total. The molecular weight excluding hydrogens is 128 g/mol. The van der Waals surface area contributed by atoms with Crippen molar-refractivity contribution in [3.63, 3.8) is 0 Å². The van der Waals surface area contributed by atoms with Crippen LogP contribution >= 0.6 is 0 Å². The molecule has 1 heterocycles. The van der Waals surface area contributed by atoms with E-state index in [-0.39, 0.29) is 11.7 Å². The molecule has 0 aromatic carbocycles. The summed E-state index contributed by atoms with van der Waals surface area (Å²) in [4.78, 5) is 0. The van der Waals surface area contributed by atoms with Gasteiger partial charge in [-0.3, -0.25) is 0 Å². The number of ether oxygens (including phenoxy) is 2. The molecule has 0 saturated carbocycles. The van der Waals surface area contributed by atoms with E-state index in [1.807, 2.05) is 6.92 Å². The van der Waals surface area contributed by atoms with Crippen molar-refractivity contribution in [1.29, 1.82) is 0 Å². The predicted molar refractivity (Wildman–Crippen MR) is 40.0 cm³/mol. The SMILES string of the molecule is C=CCOC1(C)COC1C. The van der Waals surface area contributed by atoms with Crippen molar-refractivity contribution in [2.24, 2.45) is 0 Å². The van der Waals surface area contributed by atoms with Crippen LogP contribution in [-0.4, -0.2) is 24.9 Å². The van der Waals surface area contributed by atoms with Crippen molar-refractivity contribution in [3.05, 3.63) is 12.7 Å². The fourth-order valence-corrected chi connectivity index (χ4v) is 0.893. The van der Waals surface area contributed by atoms with E-state index >= 15 is 0 Å². The van der Waals surface area contributed by atoms with E-state index in [2.05, 4.69) is 13.5 Å². The highest BCUT2D eigenvalue weighted by Gasteiger charge is 2.41. The third kappa shape index (κ3) is 1.22. The van der Waals surface area contributed by atoms with E-state index in [0.29, 0.717) is 13.2 Å². The molecule has 0 spiro atoms. The highest BCUT2D eigenvalue weighted by molar-refractivity contribution is 4.91. The topological polar surface area (TPSA) is 18.5 Å². The Bertz CT molecular complexity index is 133. The van der Waals surface area contributed by atoms with Crippen LogP contribution in [0, 0.1) is 0 Å². The molecule has 2 heteroatoms. The second-order valence-corrected chi connectivity index (χ2v) is 2.87. The van der Waals surface area contributed by atoms with Gasteiger partial charge in [-0.25, -0.2) is 0 Å². The van der Waals surface area contributed by atoms with Gasteiger partial charge in [0.05, 0.1) is 19.3 Å². The second kappa shape index (κ2) is 2.72. The lowest BCUT2D eigenvalue weighted by Gasteiger charge is -2.44. The summed E-state index contributed by atoms with van der Waals surface area (Å²) in [5.41, 5.74) is -0.0613. The molecule has 0 amide bonds. The first-order valence-corrected chi connectivity index (χ1v) is 3.55. The zero-order valence-corrected chi connectivity index (χ0v) is 6.59. The monoisotopic (exact) mass is 142 g/mol. The Balaban J connectivity index is 2.30. The molecule has 0 aromatic rings. The summed E-state index contributed by atoms with van der Waals surface area (Å²) in [6, 6.07) is 0. The van der Waals surface area contributed by atoms with Gasteiger partial charge in [0.15, 0.2) is 0 Å². The third-order valence-corrected chi connectivity index (χ3v) is 2.01. The smallest absolute Gasteiger partial charge is 0.115 e. The Morgan fingerprint density at radius 1 is 1.90 bits per heavy atom. The summed E-state index contributed by atoms with van der Waals surface area (Å²) < 4.78 is 10.7. The first-order chi connectivity index (χ1) is 4.69. The minimum Gasteiger partial charge on any atom is -0.372 e. The van der Waals surface area contributed by atoms with Gasteiger partial charge in [-0.15, -0.1) is 6.58 Å². The van der Waals surface area contributed by atoms with E-state index < -0.39 is 0 Å². The van der Waals surface area contributed by atoms with Gasteiger partial charge in [0.2, 0.25) is 0 Å². The first kappa shape index (κ1) is 7.76. The van der Waals surface area contributed by atoms with Crippen LogP contribution in [0.5, 0.6) is 0 Å². The molecule has 2 atom stereocenters. The zero-order valence-electron chi connectivity index (χ0n) is 6.59. The minimum absolute atomic E-state index is 0.0613. The van der Waals surface area contributed by atoms with Crippen LogP contribution < -0.4 is 0 Å². The Morgan fingerprint density at radius 3 is 2.90 bits per heavy atom. The highest BCUT2D eigenvalue weighted by Crippen LogP contribution is 2.28. The largest absolute Gasteiger partial charge is 0.372 e. The number of hydrogen-bond donors (Lipinski definition) is 0. The molecule has 1 saturated heterocycles. The van der Waals surface area contributed by atoms with Gasteiger partial charge in [0.1, 0.15) is 5.60 Å². The Hall–Kier alpha value is -0.340. The molecule has 0 radical (unpaired) electrons. The van der Waals surface area contributed by atoms with Crippen molar-refractivity contribution in [3.8, 4) is 0 Å². The van der Waals surface area contributed by atoms with Crippen LogP contribution in [0.25, 0.3) is 0 Å². The summed E-state index contributed by atoms with van der Waals surface area (Å²) in [5.74, 6) is 0. The van der Waals surface area contributed by atoms with Crippen molar-refractivity contribution in [2.45, 2.75) is 25.6 Å². The third-order valence-electron chi connectivity index (χ3n) is 2.01. The van der Waals surface area contributed by atoms with Gasteiger partial charge in [-0.2, -0.15) is 0 Å². The molecule has 58 valence electrons. The lowest BCUT2D eigenvalue weighted by molar-refractivity contribution is -0.240. The number of rotatable bonds is 3. The summed E-state index contributed by atoms with van der Waals surface area (Å²) >= 11 is 0. The average Bonchev–Trinajstić information content (AvgIpc) is 1.97. The van der Waals surface area contributed by atoms with Gasteiger partial charge in [0.25, 0.3) is 0 Å². The van der Waals surface area contributed by atoms with E-state index in [1.54, 1.807) is 6.08 Å². The van der Waals surface area contributed by atoms with Crippen LogP contribution in [0.2, 0.25) is 0 Å². The number of hydrogen-bond acceptors (Lipinski definition) is 2. The molecule has 1 aliphatic heterocycles. The summed E-state index contributed by atoms with van der Waals surface area (Å²) in [5, 5.41) is 0. The maximum atomic E-state index is 5.48. The van der Waals surface area contributed by atoms with E-state index in [0.717, 1.165) is 0 Å². The summed E-state index contributed by atoms with van der Waals surface area (Å²) in [6.45, 7) is 8.99. The Kier molecular flexibility index (Phi) is 2.11. The van der Waals surface area contributed by atoms with Crippen molar-refractivity contribution in [2.75, 3.05) is 13.2 Å². The Labute approximate surface area is 61.8 Å². The molecule has 10 heavy (non-hydrogen) atoms. The zero-order chi connectivity index (χ0) is 7.61. The Morgan fingerprint density at radius 2 is 2.60 bits per heavy atom. The molecule has 1 fully saturated rings. The van der Waals surface area contributed by atoms with Gasteiger partial charge in [-0.1, -0.05) is 6.08 Å². The van der Waals surface area contributed by atoms with Crippen molar-refractivity contribution in [1.82, 2.24) is 0 Å². The molecule has 1 rings (SSSR count). The fraction of sp³-hybridized carbons (Fsp3) is 0.750. The molecule has 0 bridgehead atoms. The summed E-state index contributed by atoms with van der Waals surface area (Å²) in [6.07, 6.45) is 1.99. The maximum Gasteiger partial charge on any atom is 0.115 e. The standard InChI is InChI=1S/C8H14O2/c1-4-5-10-8(3)6-9-7(8)2/h4,7H,1,5-6H2,2-3H3. The van der Waals surface area contributed by atoms with E-state index in [4.69, 9.17) is 9.47 Å². The predicted octanol–water partition coefficient (Wildman–Crippen LogP) is 1.37. The van der Waals surface area contributed by atoms with Gasteiger partial charge >= 0.3 is 0 Å². The van der Waals surface area contributed by atoms with Crippen LogP contribution in [0.15, 0.2) is 12.7 Å². The molecular formula is C8H14O2. The van der Waals surface area contributed by atoms with E-state index in [9.17, 15) is 0 Å². The van der Waals surface area contributed by atoms with Crippen LogP contribution in [0.4, 0.5) is 0 Å². The average molecular weight is 142 g/mol. The lowest BCUT2D eigenvalue weighted by atomic mass is 9.96. The molecule has 2 nitrogen and oxygen atoms in total. The van der Waals surface area contributed by atoms with Crippen LogP contribution in [0.3, 0.4) is 0 Å². The van der Waals surface area contributed by atoms with Crippen LogP contribution in [0.1, 0.15) is 13.8 Å². The molecule has 0 aliphatic carbocycles. The van der Waals surface area contributed by atoms with Crippen molar-refractivity contribution < 1.29 is 9.47 Å². The minimum atomic E-state index is -0.0613. The van der Waals surface area contributed by atoms with Crippen molar-refractivity contribution >= 4 is 0 Å². The van der Waals surface area contributed by atoms with Crippen LogP contribution in [-0.2, 0) is 9.47 Å². The summed E-state index contributed by atoms with van der Waals surface area (Å²) in [7, 11) is 0. The maximum absolute atomic E-state index is 5.48. The molecule has 0 aromatic heterocycles. The fourth-order valence-electron chi connectivity index (χ4n) is 0.893. The first-order valence-electron chi connectivity index (χ1n) is 3.55. The van der Waals surface area contributed by atoms with E-state index in [1.165, 1.54) is 0 Å². The quantitative estimate of drug-likeness (QED) is 0.554. The second-order valence-electron chi connectivity index (χ2n) is 2.87. The van der Waals surface area contributed by atoms with Gasteiger partial charge in [0, 0.05) is 0 Å². The lowest BCUT2D eigenvalue weighted by Crippen LogP contribution is -2.56. The molecule has 2 unspecified atom stereocenters. The van der Waals surface area contributed by atoms with Gasteiger partial charge in [-0.05, 0) is 13.8 Å². The molecule has 1 aliphatic rings. The highest BCUT2D eigenvalue weighted by atomic mass is 16.6. The van der Waals surface area contributed by atoms with Gasteiger partial charge < -0.3 is 9.47 Å².